The van der Waals surface area contributed by atoms with Crippen LogP contribution in [-0.2, 0) is 0 Å². The van der Waals surface area contributed by atoms with Crippen LogP contribution in [-0.4, -0.2) is 0 Å². The zero-order valence-corrected chi connectivity index (χ0v) is 7.56. The van der Waals surface area contributed by atoms with Gasteiger partial charge in [0.15, 0.2) is 0 Å². The number of hydrogen-bond donors (Lipinski definition) is 0. The van der Waals surface area contributed by atoms with Crippen molar-refractivity contribution in [3.63, 3.8) is 0 Å². The Kier molecular flexibility index (Phi) is 2.76. The topological polar surface area (TPSA) is 0 Å². The Labute approximate surface area is 65.0 Å². The van der Waals surface area contributed by atoms with Gasteiger partial charge in [-0.15, -0.1) is 0 Å². The quantitative estimate of drug-likeness (QED) is 0.561. The Morgan fingerprint density at radius 3 is 2.50 bits per heavy atom. The maximum Gasteiger partial charge on any atom is -0.0383 e. The molecule has 0 aromatic carbocycles. The minimum Gasteiger partial charge on any atom is -0.0654 e. The predicted octanol–water partition coefficient (Wildman–Crippen LogP) is 3.47. The standard InChI is InChI=1S/C10H20/c1-4-5-8(2)6-10-7-9(10)3/h8-10H,4-7H2,1-3H3. The summed E-state index contributed by atoms with van der Waals surface area (Å²) in [6.45, 7) is 7.06. The molecule has 0 heterocycles. The molecule has 0 nitrogen and oxygen atoms in total. The van der Waals surface area contributed by atoms with Gasteiger partial charge >= 0.3 is 0 Å². The molecular formula is C10H20. The monoisotopic (exact) mass is 140 g/mol. The van der Waals surface area contributed by atoms with Crippen LogP contribution in [0.2, 0.25) is 0 Å². The van der Waals surface area contributed by atoms with Crippen molar-refractivity contribution >= 4 is 0 Å². The lowest BCUT2D eigenvalue weighted by molar-refractivity contribution is 0.446. The molecule has 60 valence electrons. The molecule has 0 bridgehead atoms. The van der Waals surface area contributed by atoms with Crippen LogP contribution in [0.3, 0.4) is 0 Å². The van der Waals surface area contributed by atoms with Gasteiger partial charge in [-0.3, -0.25) is 0 Å². The summed E-state index contributed by atoms with van der Waals surface area (Å²) < 4.78 is 0. The van der Waals surface area contributed by atoms with E-state index in [-0.39, 0.29) is 0 Å². The molecular weight excluding hydrogens is 120 g/mol. The maximum absolute atomic E-state index is 2.40. The molecule has 0 heteroatoms. The molecule has 0 aromatic heterocycles. The average Bonchev–Trinajstić information content (AvgIpc) is 2.47. The SMILES string of the molecule is CCCC(C)CC1CC1C. The summed E-state index contributed by atoms with van der Waals surface area (Å²) in [4.78, 5) is 0. The molecule has 0 saturated heterocycles. The van der Waals surface area contributed by atoms with Crippen molar-refractivity contribution in [3.8, 4) is 0 Å². The molecule has 1 saturated carbocycles. The molecule has 3 atom stereocenters. The highest BCUT2D eigenvalue weighted by Crippen LogP contribution is 2.42. The zero-order chi connectivity index (χ0) is 7.56. The van der Waals surface area contributed by atoms with Gasteiger partial charge in [0.05, 0.1) is 0 Å². The van der Waals surface area contributed by atoms with Crippen LogP contribution in [0.15, 0.2) is 0 Å². The van der Waals surface area contributed by atoms with Crippen LogP contribution in [0.4, 0.5) is 0 Å². The fraction of sp³-hybridized carbons (Fsp3) is 1.00. The van der Waals surface area contributed by atoms with E-state index in [9.17, 15) is 0 Å². The van der Waals surface area contributed by atoms with Crippen molar-refractivity contribution in [3.05, 3.63) is 0 Å². The van der Waals surface area contributed by atoms with E-state index in [0.717, 1.165) is 17.8 Å². The van der Waals surface area contributed by atoms with Gasteiger partial charge < -0.3 is 0 Å². The summed E-state index contributed by atoms with van der Waals surface area (Å²) in [6, 6.07) is 0. The summed E-state index contributed by atoms with van der Waals surface area (Å²) in [5.41, 5.74) is 0. The van der Waals surface area contributed by atoms with E-state index in [1.54, 1.807) is 0 Å². The molecule has 0 amide bonds. The van der Waals surface area contributed by atoms with Crippen LogP contribution < -0.4 is 0 Å². The van der Waals surface area contributed by atoms with Gasteiger partial charge in [0.25, 0.3) is 0 Å². The maximum atomic E-state index is 2.40. The third-order valence-corrected chi connectivity index (χ3v) is 2.76. The highest BCUT2D eigenvalue weighted by atomic mass is 14.4. The first-order chi connectivity index (χ1) is 4.74. The summed E-state index contributed by atoms with van der Waals surface area (Å²) in [7, 11) is 0. The van der Waals surface area contributed by atoms with Gasteiger partial charge in [-0.2, -0.15) is 0 Å². The average molecular weight is 140 g/mol. The van der Waals surface area contributed by atoms with Gasteiger partial charge in [-0.1, -0.05) is 33.6 Å². The normalized spacial score (nSPS) is 33.9. The first-order valence-corrected chi connectivity index (χ1v) is 4.74. The molecule has 1 aliphatic rings. The summed E-state index contributed by atoms with van der Waals surface area (Å²) >= 11 is 0. The lowest BCUT2D eigenvalue weighted by Gasteiger charge is -2.07. The van der Waals surface area contributed by atoms with Crippen LogP contribution in [0.5, 0.6) is 0 Å². The molecule has 10 heavy (non-hydrogen) atoms. The molecule has 1 rings (SSSR count). The summed E-state index contributed by atoms with van der Waals surface area (Å²) in [5.74, 6) is 3.14. The van der Waals surface area contributed by atoms with E-state index in [2.05, 4.69) is 20.8 Å². The van der Waals surface area contributed by atoms with E-state index < -0.39 is 0 Å². The molecule has 0 spiro atoms. The second-order valence-electron chi connectivity index (χ2n) is 4.10. The van der Waals surface area contributed by atoms with E-state index in [4.69, 9.17) is 0 Å². The lowest BCUT2D eigenvalue weighted by Crippen LogP contribution is -1.95. The molecule has 0 aromatic rings. The third-order valence-electron chi connectivity index (χ3n) is 2.76. The molecule has 0 N–H and O–H groups in total. The molecule has 0 aliphatic heterocycles. The Morgan fingerprint density at radius 1 is 1.50 bits per heavy atom. The van der Waals surface area contributed by atoms with Crippen LogP contribution in [0.25, 0.3) is 0 Å². The smallest absolute Gasteiger partial charge is 0.0383 e. The van der Waals surface area contributed by atoms with Crippen molar-refractivity contribution in [1.82, 2.24) is 0 Å². The molecule has 1 fully saturated rings. The van der Waals surface area contributed by atoms with Gasteiger partial charge in [0.1, 0.15) is 0 Å². The molecule has 0 radical (unpaired) electrons. The largest absolute Gasteiger partial charge is 0.0654 e. The van der Waals surface area contributed by atoms with Gasteiger partial charge in [0, 0.05) is 0 Å². The minimum atomic E-state index is 0.986. The van der Waals surface area contributed by atoms with E-state index in [1.165, 1.54) is 25.7 Å². The van der Waals surface area contributed by atoms with Crippen LogP contribution >= 0.6 is 0 Å². The zero-order valence-electron chi connectivity index (χ0n) is 7.56. The van der Waals surface area contributed by atoms with Crippen molar-refractivity contribution < 1.29 is 0 Å². The predicted molar refractivity (Wildman–Crippen MR) is 46.0 cm³/mol. The van der Waals surface area contributed by atoms with Crippen molar-refractivity contribution in [2.24, 2.45) is 17.8 Å². The summed E-state index contributed by atoms with van der Waals surface area (Å²) in [5, 5.41) is 0. The first kappa shape index (κ1) is 8.10. The highest BCUT2D eigenvalue weighted by Gasteiger charge is 2.32. The molecule has 3 unspecified atom stereocenters. The fourth-order valence-corrected chi connectivity index (χ4v) is 1.85. The van der Waals surface area contributed by atoms with Crippen LogP contribution in [0, 0.1) is 17.8 Å². The van der Waals surface area contributed by atoms with Gasteiger partial charge in [-0.05, 0) is 30.6 Å². The number of rotatable bonds is 4. The Balaban J connectivity index is 2.01. The van der Waals surface area contributed by atoms with E-state index in [1.807, 2.05) is 0 Å². The van der Waals surface area contributed by atoms with Crippen LogP contribution in [0.1, 0.15) is 46.5 Å². The van der Waals surface area contributed by atoms with Gasteiger partial charge in [0.2, 0.25) is 0 Å². The van der Waals surface area contributed by atoms with E-state index >= 15 is 0 Å². The van der Waals surface area contributed by atoms with Crippen molar-refractivity contribution in [2.45, 2.75) is 46.5 Å². The third kappa shape index (κ3) is 2.32. The lowest BCUT2D eigenvalue weighted by atomic mass is 9.99. The van der Waals surface area contributed by atoms with Crippen molar-refractivity contribution in [2.75, 3.05) is 0 Å². The first-order valence-electron chi connectivity index (χ1n) is 4.74. The molecule has 1 aliphatic carbocycles. The second kappa shape index (κ2) is 3.41. The highest BCUT2D eigenvalue weighted by molar-refractivity contribution is 4.83. The van der Waals surface area contributed by atoms with E-state index in [0.29, 0.717) is 0 Å². The second-order valence-corrected chi connectivity index (χ2v) is 4.10. The Bertz CT molecular complexity index is 96.2. The Morgan fingerprint density at radius 2 is 2.10 bits per heavy atom. The fourth-order valence-electron chi connectivity index (χ4n) is 1.85. The number of hydrogen-bond acceptors (Lipinski definition) is 0. The van der Waals surface area contributed by atoms with Crippen molar-refractivity contribution in [1.29, 1.82) is 0 Å². The minimum absolute atomic E-state index is 0.986. The Hall–Kier alpha value is 0. The van der Waals surface area contributed by atoms with Gasteiger partial charge in [-0.25, -0.2) is 0 Å². The summed E-state index contributed by atoms with van der Waals surface area (Å²) in [6.07, 6.45) is 5.80.